The molecule has 1 amide bonds. The number of rotatable bonds is 9. The molecule has 3 heterocycles. The summed E-state index contributed by atoms with van der Waals surface area (Å²) in [6.07, 6.45) is 2.08. The smallest absolute Gasteiger partial charge is 0.222 e. The molecule has 10 heteroatoms. The fourth-order valence-electron chi connectivity index (χ4n) is 6.43. The third kappa shape index (κ3) is 6.47. The number of nitrogens with zero attached hydrogens (tertiary/aromatic N) is 1. The van der Waals surface area contributed by atoms with Crippen LogP contribution in [-0.4, -0.2) is 57.8 Å². The summed E-state index contributed by atoms with van der Waals surface area (Å²) in [7, 11) is -1.79. The van der Waals surface area contributed by atoms with E-state index in [2.05, 4.69) is 58.7 Å². The second-order valence-electron chi connectivity index (χ2n) is 10.4. The van der Waals surface area contributed by atoms with Crippen molar-refractivity contribution in [1.29, 1.82) is 0 Å². The molecule has 5 atom stereocenters. The number of primary amides is 1. The molecule has 216 valence electrons. The first-order valence-corrected chi connectivity index (χ1v) is 14.9. The van der Waals surface area contributed by atoms with Gasteiger partial charge in [0, 0.05) is 42.9 Å². The number of methoxy groups -OCH3 is 1. The maximum absolute atomic E-state index is 12.5. The van der Waals surface area contributed by atoms with Gasteiger partial charge in [-0.05, 0) is 48.2 Å². The summed E-state index contributed by atoms with van der Waals surface area (Å²) >= 11 is 0. The van der Waals surface area contributed by atoms with Crippen molar-refractivity contribution in [2.75, 3.05) is 26.5 Å². The van der Waals surface area contributed by atoms with E-state index in [1.54, 1.807) is 25.3 Å². The standard InChI is InChI=1S/C30H35N3O4S.2ClH/c1-37-26-14-13-23(38(2,35)36)17-22(26)18-32-28-24-15-16-33(19-25(24)30(31)34)29(28)27(20-9-5-3-6-10-20)21-11-7-4-8-12-21;;/h3-14,17,24-25,27-29,32H,15-16,18-19H2,1-2H3,(H2,31,34);2*1H/t24-,25-,28-,29+;;/m0../s1. The van der Waals surface area contributed by atoms with Crippen LogP contribution in [0.5, 0.6) is 5.75 Å². The van der Waals surface area contributed by atoms with Crippen LogP contribution >= 0.6 is 24.8 Å². The van der Waals surface area contributed by atoms with E-state index in [1.165, 1.54) is 17.4 Å². The van der Waals surface area contributed by atoms with Gasteiger partial charge in [-0.25, -0.2) is 8.42 Å². The summed E-state index contributed by atoms with van der Waals surface area (Å²) in [4.78, 5) is 15.2. The molecule has 0 radical (unpaired) electrons. The molecule has 2 bridgehead atoms. The number of carbonyl (C=O) groups excluding carboxylic acids is 1. The van der Waals surface area contributed by atoms with Crippen LogP contribution in [0.15, 0.2) is 83.8 Å². The largest absolute Gasteiger partial charge is 0.496 e. The highest BCUT2D eigenvalue weighted by molar-refractivity contribution is 7.90. The predicted molar refractivity (Wildman–Crippen MR) is 162 cm³/mol. The summed E-state index contributed by atoms with van der Waals surface area (Å²) in [6, 6.07) is 26.0. The van der Waals surface area contributed by atoms with Crippen molar-refractivity contribution in [2.24, 2.45) is 17.6 Å². The number of nitrogens with two attached hydrogens (primary N) is 1. The van der Waals surface area contributed by atoms with E-state index in [0.29, 0.717) is 18.8 Å². The number of sulfone groups is 1. The van der Waals surface area contributed by atoms with E-state index in [1.807, 2.05) is 12.1 Å². The Bertz CT molecular complexity index is 1350. The molecule has 3 saturated heterocycles. The molecule has 6 rings (SSSR count). The Hall–Kier alpha value is -2.62. The molecule has 1 unspecified atom stereocenters. The summed E-state index contributed by atoms with van der Waals surface area (Å²) < 4.78 is 30.1. The Morgan fingerprint density at radius 3 is 2.15 bits per heavy atom. The highest BCUT2D eigenvalue weighted by Gasteiger charge is 2.51. The van der Waals surface area contributed by atoms with Gasteiger partial charge in [0.2, 0.25) is 5.91 Å². The highest BCUT2D eigenvalue weighted by Crippen LogP contribution is 2.44. The Morgan fingerprint density at radius 2 is 1.62 bits per heavy atom. The van der Waals surface area contributed by atoms with Gasteiger partial charge in [0.15, 0.2) is 9.84 Å². The molecule has 7 nitrogen and oxygen atoms in total. The molecule has 3 N–H and O–H groups in total. The zero-order valence-corrected chi connectivity index (χ0v) is 25.1. The molecule has 3 aliphatic heterocycles. The van der Waals surface area contributed by atoms with E-state index in [-0.39, 0.29) is 65.5 Å². The lowest BCUT2D eigenvalue weighted by molar-refractivity contribution is -0.132. The third-order valence-electron chi connectivity index (χ3n) is 8.18. The van der Waals surface area contributed by atoms with Gasteiger partial charge in [-0.2, -0.15) is 0 Å². The number of piperidine rings is 3. The van der Waals surface area contributed by atoms with Crippen LogP contribution in [0, 0.1) is 11.8 Å². The molecular formula is C30H37Cl2N3O4S. The van der Waals surface area contributed by atoms with Gasteiger partial charge in [-0.3, -0.25) is 9.69 Å². The second kappa shape index (κ2) is 13.4. The molecular weight excluding hydrogens is 569 g/mol. The van der Waals surface area contributed by atoms with Crippen molar-refractivity contribution in [3.8, 4) is 5.75 Å². The van der Waals surface area contributed by atoms with Gasteiger partial charge >= 0.3 is 0 Å². The van der Waals surface area contributed by atoms with Crippen molar-refractivity contribution < 1.29 is 17.9 Å². The minimum absolute atomic E-state index is 0. The zero-order chi connectivity index (χ0) is 26.9. The quantitative estimate of drug-likeness (QED) is 0.382. The predicted octanol–water partition coefficient (Wildman–Crippen LogP) is 4.04. The van der Waals surface area contributed by atoms with Gasteiger partial charge in [-0.1, -0.05) is 60.7 Å². The van der Waals surface area contributed by atoms with Crippen LogP contribution in [0.1, 0.15) is 29.0 Å². The Morgan fingerprint density at radius 1 is 1.02 bits per heavy atom. The molecule has 3 aliphatic rings. The first kappa shape index (κ1) is 31.9. The fourth-order valence-corrected chi connectivity index (χ4v) is 7.10. The summed E-state index contributed by atoms with van der Waals surface area (Å²) in [5, 5.41) is 3.75. The average Bonchev–Trinajstić information content (AvgIpc) is 2.93. The summed E-state index contributed by atoms with van der Waals surface area (Å²) in [6.45, 7) is 1.95. The molecule has 0 aromatic heterocycles. The summed E-state index contributed by atoms with van der Waals surface area (Å²) in [5.74, 6) is 0.264. The fraction of sp³-hybridized carbons (Fsp3) is 0.367. The Balaban J connectivity index is 0.00000220. The van der Waals surface area contributed by atoms with Crippen molar-refractivity contribution >= 4 is 40.6 Å². The number of ether oxygens (including phenoxy) is 1. The number of hydrogen-bond acceptors (Lipinski definition) is 6. The van der Waals surface area contributed by atoms with Gasteiger partial charge in [0.25, 0.3) is 0 Å². The van der Waals surface area contributed by atoms with E-state index in [4.69, 9.17) is 10.5 Å². The molecule has 3 fully saturated rings. The monoisotopic (exact) mass is 605 g/mol. The van der Waals surface area contributed by atoms with Gasteiger partial charge in [0.1, 0.15) is 5.75 Å². The number of hydrogen-bond donors (Lipinski definition) is 2. The highest BCUT2D eigenvalue weighted by atomic mass is 35.5. The lowest BCUT2D eigenvalue weighted by Crippen LogP contribution is -2.68. The van der Waals surface area contributed by atoms with Crippen molar-refractivity contribution in [1.82, 2.24) is 10.2 Å². The number of nitrogens with one attached hydrogen (secondary N) is 1. The normalized spacial score (nSPS) is 23.6. The molecule has 0 aliphatic carbocycles. The van der Waals surface area contributed by atoms with Crippen LogP contribution in [-0.2, 0) is 21.2 Å². The molecule has 0 saturated carbocycles. The van der Waals surface area contributed by atoms with Gasteiger partial charge in [-0.15, -0.1) is 24.8 Å². The maximum atomic E-state index is 12.5. The van der Waals surface area contributed by atoms with E-state index < -0.39 is 9.84 Å². The van der Waals surface area contributed by atoms with E-state index >= 15 is 0 Å². The number of carbonyl (C=O) groups is 1. The lowest BCUT2D eigenvalue weighted by atomic mass is 9.66. The summed E-state index contributed by atoms with van der Waals surface area (Å²) in [5.41, 5.74) is 9.10. The van der Waals surface area contributed by atoms with Crippen LogP contribution < -0.4 is 15.8 Å². The Labute approximate surface area is 249 Å². The molecule has 40 heavy (non-hydrogen) atoms. The minimum Gasteiger partial charge on any atom is -0.496 e. The number of benzene rings is 3. The second-order valence-corrected chi connectivity index (χ2v) is 12.4. The van der Waals surface area contributed by atoms with Crippen molar-refractivity contribution in [3.05, 3.63) is 95.6 Å². The van der Waals surface area contributed by atoms with Crippen molar-refractivity contribution in [3.63, 3.8) is 0 Å². The van der Waals surface area contributed by atoms with E-state index in [0.717, 1.165) is 18.5 Å². The maximum Gasteiger partial charge on any atom is 0.222 e. The van der Waals surface area contributed by atoms with Crippen LogP contribution in [0.2, 0.25) is 0 Å². The number of amides is 1. The van der Waals surface area contributed by atoms with Crippen LogP contribution in [0.25, 0.3) is 0 Å². The first-order valence-electron chi connectivity index (χ1n) is 13.0. The number of halogens is 2. The van der Waals surface area contributed by atoms with Gasteiger partial charge < -0.3 is 15.8 Å². The van der Waals surface area contributed by atoms with Crippen LogP contribution in [0.3, 0.4) is 0 Å². The van der Waals surface area contributed by atoms with Crippen LogP contribution in [0.4, 0.5) is 0 Å². The molecule has 3 aromatic carbocycles. The van der Waals surface area contributed by atoms with Crippen molar-refractivity contribution in [2.45, 2.75) is 35.9 Å². The molecule has 0 spiro atoms. The Kier molecular flexibility index (Phi) is 10.7. The lowest BCUT2D eigenvalue weighted by Gasteiger charge is -2.56. The minimum atomic E-state index is -3.37. The topological polar surface area (TPSA) is 102 Å². The van der Waals surface area contributed by atoms with E-state index in [9.17, 15) is 13.2 Å². The third-order valence-corrected chi connectivity index (χ3v) is 9.29. The molecule has 3 aromatic rings. The van der Waals surface area contributed by atoms with Gasteiger partial charge in [0.05, 0.1) is 17.9 Å². The average molecular weight is 607 g/mol. The SMILES string of the molecule is COc1ccc(S(C)(=O)=O)cc1CN[C@H]1[C@H]2CCN(C[C@@H]2C(N)=O)[C@@H]1C(c1ccccc1)c1ccccc1.Cl.Cl. The first-order chi connectivity index (χ1) is 18.3. The zero-order valence-electron chi connectivity index (χ0n) is 22.6. The number of fused-ring (bicyclic) bond motifs is 3.